The Morgan fingerprint density at radius 2 is 2.09 bits per heavy atom. The lowest BCUT2D eigenvalue weighted by molar-refractivity contribution is -0.384. The molecule has 1 aliphatic rings. The third-order valence-corrected chi connectivity index (χ3v) is 3.67. The summed E-state index contributed by atoms with van der Waals surface area (Å²) in [5.41, 5.74) is 0.0562. The van der Waals surface area contributed by atoms with Crippen LogP contribution in [0.2, 0.25) is 0 Å². The van der Waals surface area contributed by atoms with Crippen LogP contribution >= 0.6 is 0 Å². The maximum Gasteiger partial charge on any atom is 0.326 e. The number of hydrogen-bond acceptors (Lipinski definition) is 5. The predicted octanol–water partition coefficient (Wildman–Crippen LogP) is 1.40. The van der Waals surface area contributed by atoms with Gasteiger partial charge in [0, 0.05) is 24.7 Å². The van der Waals surface area contributed by atoms with E-state index >= 15 is 0 Å². The molecule has 8 heteroatoms. The first-order valence-corrected chi connectivity index (χ1v) is 6.86. The second-order valence-corrected chi connectivity index (χ2v) is 5.33. The molecule has 0 aliphatic heterocycles. The van der Waals surface area contributed by atoms with E-state index in [4.69, 9.17) is 5.11 Å². The summed E-state index contributed by atoms with van der Waals surface area (Å²) in [6.45, 7) is 1.43. The maximum atomic E-state index is 12.0. The van der Waals surface area contributed by atoms with E-state index in [0.717, 1.165) is 12.8 Å². The molecule has 1 aromatic rings. The number of anilines is 1. The zero-order chi connectivity index (χ0) is 16.4. The average Bonchev–Trinajstić information content (AvgIpc) is 3.28. The van der Waals surface area contributed by atoms with Gasteiger partial charge < -0.3 is 15.3 Å². The number of carbonyl (C=O) groups excluding carboxylic acids is 1. The van der Waals surface area contributed by atoms with Gasteiger partial charge in [0.2, 0.25) is 0 Å². The summed E-state index contributed by atoms with van der Waals surface area (Å²) in [5.74, 6) is -1.45. The molecule has 1 unspecified atom stereocenters. The molecule has 22 heavy (non-hydrogen) atoms. The molecule has 1 amide bonds. The van der Waals surface area contributed by atoms with E-state index in [1.807, 2.05) is 0 Å². The number of nitro benzene ring substituents is 1. The van der Waals surface area contributed by atoms with Gasteiger partial charge in [-0.25, -0.2) is 4.79 Å². The molecule has 0 bridgehead atoms. The zero-order valence-corrected chi connectivity index (χ0v) is 12.3. The van der Waals surface area contributed by atoms with Crippen molar-refractivity contribution in [3.05, 3.63) is 33.9 Å². The van der Waals surface area contributed by atoms with Gasteiger partial charge in [-0.1, -0.05) is 0 Å². The van der Waals surface area contributed by atoms with Crippen LogP contribution in [0.15, 0.2) is 18.2 Å². The number of hydrogen-bond donors (Lipinski definition) is 2. The van der Waals surface area contributed by atoms with Gasteiger partial charge in [-0.15, -0.1) is 0 Å². The van der Waals surface area contributed by atoms with Crippen LogP contribution < -0.4 is 10.2 Å². The molecule has 0 spiro atoms. The fourth-order valence-electron chi connectivity index (χ4n) is 1.98. The van der Waals surface area contributed by atoms with Crippen molar-refractivity contribution in [2.24, 2.45) is 0 Å². The number of nitrogens with one attached hydrogen (secondary N) is 1. The van der Waals surface area contributed by atoms with Crippen LogP contribution in [0.1, 0.15) is 30.1 Å². The molecule has 1 fully saturated rings. The number of nitro groups is 1. The lowest BCUT2D eigenvalue weighted by atomic mass is 10.1. The predicted molar refractivity (Wildman–Crippen MR) is 79.1 cm³/mol. The Balaban J connectivity index is 2.32. The van der Waals surface area contributed by atoms with Gasteiger partial charge in [-0.3, -0.25) is 14.9 Å². The van der Waals surface area contributed by atoms with E-state index in [2.05, 4.69) is 5.32 Å². The van der Waals surface area contributed by atoms with Crippen molar-refractivity contribution in [1.82, 2.24) is 5.32 Å². The molecule has 0 radical (unpaired) electrons. The van der Waals surface area contributed by atoms with E-state index in [9.17, 15) is 19.7 Å². The summed E-state index contributed by atoms with van der Waals surface area (Å²) in [6.07, 6.45) is 1.84. The van der Waals surface area contributed by atoms with Crippen molar-refractivity contribution in [1.29, 1.82) is 0 Å². The molecule has 1 aliphatic carbocycles. The van der Waals surface area contributed by atoms with Gasteiger partial charge in [0.05, 0.1) is 4.92 Å². The van der Waals surface area contributed by atoms with Gasteiger partial charge >= 0.3 is 5.97 Å². The quantitative estimate of drug-likeness (QED) is 0.606. The van der Waals surface area contributed by atoms with Gasteiger partial charge in [0.15, 0.2) is 0 Å². The first-order chi connectivity index (χ1) is 10.3. The number of rotatable bonds is 6. The normalized spacial score (nSPS) is 15.0. The van der Waals surface area contributed by atoms with Crippen LogP contribution in [0.5, 0.6) is 0 Å². The smallest absolute Gasteiger partial charge is 0.326 e. The first kappa shape index (κ1) is 15.7. The number of nitrogens with zero attached hydrogens (tertiary/aromatic N) is 2. The number of likely N-dealkylation sites (N-methyl/N-ethyl adjacent to an activating group) is 1. The number of carbonyl (C=O) groups is 2. The van der Waals surface area contributed by atoms with E-state index in [1.165, 1.54) is 37.1 Å². The van der Waals surface area contributed by atoms with Gasteiger partial charge in [-0.2, -0.15) is 0 Å². The van der Waals surface area contributed by atoms with E-state index in [-0.39, 0.29) is 28.9 Å². The Labute approximate surface area is 126 Å². The fraction of sp³-hybridized carbons (Fsp3) is 0.429. The van der Waals surface area contributed by atoms with Gasteiger partial charge in [-0.05, 0) is 31.9 Å². The summed E-state index contributed by atoms with van der Waals surface area (Å²) in [6, 6.07) is 3.27. The van der Waals surface area contributed by atoms with Crippen molar-refractivity contribution in [2.45, 2.75) is 31.8 Å². The summed E-state index contributed by atoms with van der Waals surface area (Å²) in [5, 5.41) is 23.0. The number of benzene rings is 1. The second-order valence-electron chi connectivity index (χ2n) is 5.33. The Morgan fingerprint density at radius 1 is 1.45 bits per heavy atom. The topological polar surface area (TPSA) is 113 Å². The highest BCUT2D eigenvalue weighted by Crippen LogP contribution is 2.30. The SMILES string of the molecule is CC(C(=O)O)N(C)c1ccc(C(=O)NC2CC2)cc1[N+](=O)[O-]. The number of amides is 1. The number of carboxylic acids is 1. The highest BCUT2D eigenvalue weighted by molar-refractivity contribution is 5.96. The molecule has 1 saturated carbocycles. The summed E-state index contributed by atoms with van der Waals surface area (Å²) in [7, 11) is 1.46. The molecule has 1 aromatic carbocycles. The minimum Gasteiger partial charge on any atom is -0.480 e. The Morgan fingerprint density at radius 3 is 2.59 bits per heavy atom. The van der Waals surface area contributed by atoms with Gasteiger partial charge in [0.25, 0.3) is 11.6 Å². The maximum absolute atomic E-state index is 12.0. The summed E-state index contributed by atoms with van der Waals surface area (Å²) >= 11 is 0. The highest BCUT2D eigenvalue weighted by Gasteiger charge is 2.27. The third-order valence-electron chi connectivity index (χ3n) is 3.67. The van der Waals surface area contributed by atoms with Crippen LogP contribution in [0.25, 0.3) is 0 Å². The van der Waals surface area contributed by atoms with Crippen molar-refractivity contribution >= 4 is 23.3 Å². The first-order valence-electron chi connectivity index (χ1n) is 6.86. The third kappa shape index (κ3) is 3.33. The Bertz CT molecular complexity index is 627. The molecule has 118 valence electrons. The summed E-state index contributed by atoms with van der Waals surface area (Å²) in [4.78, 5) is 34.9. The summed E-state index contributed by atoms with van der Waals surface area (Å²) < 4.78 is 0. The minimum atomic E-state index is -1.09. The lowest BCUT2D eigenvalue weighted by Gasteiger charge is -2.23. The standard InChI is InChI=1S/C14H17N3O5/c1-8(14(19)20)16(2)11-6-3-9(7-12(11)17(21)22)13(18)15-10-4-5-10/h3,6-8,10H,4-5H2,1-2H3,(H,15,18)(H,19,20). The van der Waals surface area contributed by atoms with Crippen LogP contribution in [-0.4, -0.2) is 41.0 Å². The molecule has 2 N–H and O–H groups in total. The molecule has 8 nitrogen and oxygen atoms in total. The number of aliphatic carboxylic acids is 1. The van der Waals surface area contributed by atoms with E-state index < -0.39 is 16.9 Å². The van der Waals surface area contributed by atoms with E-state index in [1.54, 1.807) is 0 Å². The van der Waals surface area contributed by atoms with Crippen LogP contribution in [0.3, 0.4) is 0 Å². The lowest BCUT2D eigenvalue weighted by Crippen LogP contribution is -2.36. The monoisotopic (exact) mass is 307 g/mol. The average molecular weight is 307 g/mol. The Kier molecular flexibility index (Phi) is 4.30. The highest BCUT2D eigenvalue weighted by atomic mass is 16.6. The van der Waals surface area contributed by atoms with Crippen molar-refractivity contribution in [3.63, 3.8) is 0 Å². The molecular formula is C14H17N3O5. The van der Waals surface area contributed by atoms with Crippen LogP contribution in [0.4, 0.5) is 11.4 Å². The van der Waals surface area contributed by atoms with E-state index in [0.29, 0.717) is 0 Å². The largest absolute Gasteiger partial charge is 0.480 e. The molecular weight excluding hydrogens is 290 g/mol. The molecule has 1 atom stereocenters. The van der Waals surface area contributed by atoms with Gasteiger partial charge in [0.1, 0.15) is 11.7 Å². The van der Waals surface area contributed by atoms with Crippen molar-refractivity contribution in [2.75, 3.05) is 11.9 Å². The fourth-order valence-corrected chi connectivity index (χ4v) is 1.98. The minimum absolute atomic E-state index is 0.154. The molecule has 2 rings (SSSR count). The number of carboxylic acid groups (broad SMARTS) is 1. The van der Waals surface area contributed by atoms with Crippen molar-refractivity contribution < 1.29 is 19.6 Å². The second kappa shape index (κ2) is 6.00. The Hall–Kier alpha value is -2.64. The molecule has 0 aromatic heterocycles. The van der Waals surface area contributed by atoms with Crippen molar-refractivity contribution in [3.8, 4) is 0 Å². The zero-order valence-electron chi connectivity index (χ0n) is 12.3. The molecule has 0 heterocycles. The molecule has 0 saturated heterocycles. The van der Waals surface area contributed by atoms with Crippen LogP contribution in [-0.2, 0) is 4.79 Å². The van der Waals surface area contributed by atoms with Crippen LogP contribution in [0, 0.1) is 10.1 Å².